The van der Waals surface area contributed by atoms with Gasteiger partial charge in [0.15, 0.2) is 5.13 Å². The number of hydrogen-bond donors (Lipinski definition) is 0. The van der Waals surface area contributed by atoms with Gasteiger partial charge in [-0.05, 0) is 24.3 Å². The Hall–Kier alpha value is -2.55. The third-order valence-corrected chi connectivity index (χ3v) is 6.40. The van der Waals surface area contributed by atoms with Crippen LogP contribution in [0.15, 0.2) is 42.5 Å². The Morgan fingerprint density at radius 1 is 1.00 bits per heavy atom. The quantitative estimate of drug-likeness (QED) is 0.385. The van der Waals surface area contributed by atoms with Gasteiger partial charge in [-0.3, -0.25) is 0 Å². The Labute approximate surface area is 163 Å². The van der Waals surface area contributed by atoms with E-state index in [-0.39, 0.29) is 0 Å². The Kier molecular flexibility index (Phi) is 4.23. The predicted molar refractivity (Wildman–Crippen MR) is 107 cm³/mol. The first-order valence-electron chi connectivity index (χ1n) is 8.57. The molecule has 136 valence electrons. The highest BCUT2D eigenvalue weighted by Crippen LogP contribution is 2.32. The summed E-state index contributed by atoms with van der Waals surface area (Å²) >= 11 is 2.94. The number of fused-ring (bicyclic) bond motifs is 2. The van der Waals surface area contributed by atoms with Gasteiger partial charge in [-0.2, -0.15) is 0 Å². The fourth-order valence-electron chi connectivity index (χ4n) is 2.96. The second-order valence-corrected chi connectivity index (χ2v) is 8.14. The molecule has 0 bridgehead atoms. The number of ether oxygens (including phenoxy) is 2. The number of nitrogens with zero attached hydrogens (tertiary/aromatic N) is 3. The van der Waals surface area contributed by atoms with Crippen LogP contribution in [0.2, 0.25) is 0 Å². The van der Waals surface area contributed by atoms with Crippen LogP contribution in [-0.2, 0) is 4.74 Å². The van der Waals surface area contributed by atoms with E-state index in [1.165, 1.54) is 11.3 Å². The Morgan fingerprint density at radius 3 is 2.67 bits per heavy atom. The molecule has 3 heterocycles. The third kappa shape index (κ3) is 3.27. The van der Waals surface area contributed by atoms with Gasteiger partial charge >= 0.3 is 5.97 Å². The number of carbonyl (C=O) groups excluding carboxylic acids is 1. The van der Waals surface area contributed by atoms with Crippen molar-refractivity contribution >= 4 is 54.2 Å². The molecule has 1 fully saturated rings. The summed E-state index contributed by atoms with van der Waals surface area (Å²) in [5.41, 5.74) is 1.71. The maximum absolute atomic E-state index is 12.5. The van der Waals surface area contributed by atoms with E-state index in [1.807, 2.05) is 36.4 Å². The first-order chi connectivity index (χ1) is 13.3. The maximum Gasteiger partial charge on any atom is 0.372 e. The minimum atomic E-state index is -0.437. The van der Waals surface area contributed by atoms with E-state index in [2.05, 4.69) is 14.9 Å². The number of rotatable bonds is 3. The fourth-order valence-corrected chi connectivity index (χ4v) is 4.84. The van der Waals surface area contributed by atoms with E-state index < -0.39 is 5.97 Å². The van der Waals surface area contributed by atoms with Crippen molar-refractivity contribution in [3.05, 3.63) is 47.5 Å². The van der Waals surface area contributed by atoms with Crippen LogP contribution in [0.3, 0.4) is 0 Å². The smallest absolute Gasteiger partial charge is 0.372 e. The van der Waals surface area contributed by atoms with E-state index in [0.29, 0.717) is 10.8 Å². The van der Waals surface area contributed by atoms with Gasteiger partial charge in [0.1, 0.15) is 5.75 Å². The van der Waals surface area contributed by atoms with Crippen molar-refractivity contribution in [2.45, 2.75) is 0 Å². The van der Waals surface area contributed by atoms with E-state index in [1.54, 1.807) is 17.4 Å². The van der Waals surface area contributed by atoms with E-state index in [9.17, 15) is 4.79 Å². The molecule has 0 atom stereocenters. The van der Waals surface area contributed by atoms with Crippen molar-refractivity contribution < 1.29 is 14.3 Å². The lowest BCUT2D eigenvalue weighted by Crippen LogP contribution is -2.36. The predicted octanol–water partition coefficient (Wildman–Crippen LogP) is 3.96. The van der Waals surface area contributed by atoms with Gasteiger partial charge < -0.3 is 14.4 Å². The molecule has 6 nitrogen and oxygen atoms in total. The van der Waals surface area contributed by atoms with Gasteiger partial charge in [0.05, 0.1) is 33.6 Å². The normalized spacial score (nSPS) is 14.7. The van der Waals surface area contributed by atoms with Crippen LogP contribution in [0.4, 0.5) is 5.13 Å². The van der Waals surface area contributed by atoms with Crippen molar-refractivity contribution in [3.63, 3.8) is 0 Å². The average Bonchev–Trinajstić information content (AvgIpc) is 3.32. The Morgan fingerprint density at radius 2 is 1.81 bits per heavy atom. The van der Waals surface area contributed by atoms with Crippen LogP contribution >= 0.6 is 22.7 Å². The Balaban J connectivity index is 1.38. The van der Waals surface area contributed by atoms with Crippen molar-refractivity contribution in [2.75, 3.05) is 31.2 Å². The Bertz CT molecular complexity index is 1100. The highest BCUT2D eigenvalue weighted by molar-refractivity contribution is 7.22. The van der Waals surface area contributed by atoms with Crippen molar-refractivity contribution in [1.82, 2.24) is 9.97 Å². The molecule has 1 saturated heterocycles. The number of aromatic nitrogens is 2. The number of anilines is 1. The molecule has 5 rings (SSSR count). The van der Waals surface area contributed by atoms with Gasteiger partial charge in [0.25, 0.3) is 0 Å². The summed E-state index contributed by atoms with van der Waals surface area (Å²) in [6, 6.07) is 13.2. The SMILES string of the molecule is O=C(Oc1ccc2nc(N3CCOCC3)sc2c1)c1nc2ccccc2s1. The van der Waals surface area contributed by atoms with Crippen LogP contribution in [0.5, 0.6) is 5.75 Å². The zero-order chi connectivity index (χ0) is 18.2. The first-order valence-corrected chi connectivity index (χ1v) is 10.2. The van der Waals surface area contributed by atoms with Crippen LogP contribution in [0, 0.1) is 0 Å². The molecule has 2 aromatic heterocycles. The third-order valence-electron chi connectivity index (χ3n) is 4.31. The largest absolute Gasteiger partial charge is 0.421 e. The minimum Gasteiger partial charge on any atom is -0.421 e. The van der Waals surface area contributed by atoms with Gasteiger partial charge in [-0.25, -0.2) is 14.8 Å². The number of benzene rings is 2. The molecule has 0 spiro atoms. The number of morpholine rings is 1. The molecular formula is C19H15N3O3S2. The molecule has 0 saturated carbocycles. The summed E-state index contributed by atoms with van der Waals surface area (Å²) in [7, 11) is 0. The number of thiazole rings is 2. The zero-order valence-corrected chi connectivity index (χ0v) is 15.9. The monoisotopic (exact) mass is 397 g/mol. The molecule has 0 amide bonds. The molecule has 1 aliphatic rings. The summed E-state index contributed by atoms with van der Waals surface area (Å²) in [6.45, 7) is 3.14. The topological polar surface area (TPSA) is 64.5 Å². The van der Waals surface area contributed by atoms with Gasteiger partial charge in [0.2, 0.25) is 5.01 Å². The van der Waals surface area contributed by atoms with Crippen molar-refractivity contribution in [1.29, 1.82) is 0 Å². The lowest BCUT2D eigenvalue weighted by molar-refractivity contribution is 0.0735. The average molecular weight is 397 g/mol. The van der Waals surface area contributed by atoms with E-state index in [0.717, 1.165) is 51.9 Å². The van der Waals surface area contributed by atoms with Gasteiger partial charge in [-0.1, -0.05) is 23.5 Å². The first kappa shape index (κ1) is 16.6. The lowest BCUT2D eigenvalue weighted by Gasteiger charge is -2.25. The van der Waals surface area contributed by atoms with E-state index >= 15 is 0 Å². The molecule has 27 heavy (non-hydrogen) atoms. The summed E-state index contributed by atoms with van der Waals surface area (Å²) in [4.78, 5) is 23.7. The molecule has 8 heteroatoms. The second-order valence-electron chi connectivity index (χ2n) is 6.10. The van der Waals surface area contributed by atoms with E-state index in [4.69, 9.17) is 9.47 Å². The highest BCUT2D eigenvalue weighted by Gasteiger charge is 2.17. The summed E-state index contributed by atoms with van der Waals surface area (Å²) < 4.78 is 12.9. The number of hydrogen-bond acceptors (Lipinski definition) is 8. The number of carbonyl (C=O) groups is 1. The van der Waals surface area contributed by atoms with Crippen molar-refractivity contribution in [3.8, 4) is 5.75 Å². The maximum atomic E-state index is 12.5. The molecule has 0 aliphatic carbocycles. The van der Waals surface area contributed by atoms with Crippen molar-refractivity contribution in [2.24, 2.45) is 0 Å². The summed E-state index contributed by atoms with van der Waals surface area (Å²) in [5, 5.41) is 1.33. The highest BCUT2D eigenvalue weighted by atomic mass is 32.1. The molecule has 0 N–H and O–H groups in total. The molecule has 1 aliphatic heterocycles. The molecule has 2 aromatic carbocycles. The summed E-state index contributed by atoms with van der Waals surface area (Å²) in [5.74, 6) is 0.0670. The molecular weight excluding hydrogens is 382 g/mol. The number of para-hydroxylation sites is 1. The second kappa shape index (κ2) is 6.88. The fraction of sp³-hybridized carbons (Fsp3) is 0.211. The summed E-state index contributed by atoms with van der Waals surface area (Å²) in [6.07, 6.45) is 0. The zero-order valence-electron chi connectivity index (χ0n) is 14.3. The lowest BCUT2D eigenvalue weighted by atomic mass is 10.3. The van der Waals surface area contributed by atoms with Crippen LogP contribution in [-0.4, -0.2) is 42.2 Å². The van der Waals surface area contributed by atoms with Gasteiger partial charge in [-0.15, -0.1) is 11.3 Å². The minimum absolute atomic E-state index is 0.356. The van der Waals surface area contributed by atoms with Crippen LogP contribution in [0.1, 0.15) is 9.80 Å². The number of esters is 1. The van der Waals surface area contributed by atoms with Crippen LogP contribution < -0.4 is 9.64 Å². The molecule has 0 unspecified atom stereocenters. The molecule has 4 aromatic rings. The van der Waals surface area contributed by atoms with Crippen LogP contribution in [0.25, 0.3) is 20.4 Å². The van der Waals surface area contributed by atoms with Gasteiger partial charge in [0, 0.05) is 19.2 Å². The standard InChI is InChI=1S/C19H15N3O3S2/c23-18(17-20-13-3-1-2-4-15(13)26-17)25-12-5-6-14-16(11-12)27-19(21-14)22-7-9-24-10-8-22/h1-6,11H,7-10H2. The molecule has 0 radical (unpaired) electrons.